The number of hydrogen-bond acceptors (Lipinski definition) is 6. The molecule has 1 aromatic heterocycles. The van der Waals surface area contributed by atoms with E-state index in [1.807, 2.05) is 30.3 Å². The molecule has 1 aliphatic heterocycles. The van der Waals surface area contributed by atoms with Gasteiger partial charge in [-0.2, -0.15) is 5.10 Å². The highest BCUT2D eigenvalue weighted by Crippen LogP contribution is 2.45. The number of nitrogens with one attached hydrogen (secondary N) is 1. The van der Waals surface area contributed by atoms with Crippen LogP contribution in [0.2, 0.25) is 0 Å². The summed E-state index contributed by atoms with van der Waals surface area (Å²) in [5.41, 5.74) is 2.63. The number of nitro benzene ring substituents is 1. The third kappa shape index (κ3) is 3.23. The van der Waals surface area contributed by atoms with Gasteiger partial charge in [-0.15, -0.1) is 0 Å². The number of para-hydroxylation sites is 1. The van der Waals surface area contributed by atoms with Crippen molar-refractivity contribution in [2.45, 2.75) is 12.3 Å². The molecule has 1 unspecified atom stereocenters. The second kappa shape index (κ2) is 8.05. The zero-order chi connectivity index (χ0) is 21.3. The molecule has 1 atom stereocenters. The van der Waals surface area contributed by atoms with Crippen molar-refractivity contribution in [1.29, 1.82) is 0 Å². The highest BCUT2D eigenvalue weighted by molar-refractivity contribution is 6.00. The molecule has 2 heterocycles. The number of carbonyl (C=O) groups excluding carboxylic acids is 1. The van der Waals surface area contributed by atoms with Gasteiger partial charge < -0.3 is 14.4 Å². The lowest BCUT2D eigenvalue weighted by molar-refractivity contribution is -0.385. The number of aromatic amines is 1. The van der Waals surface area contributed by atoms with Crippen molar-refractivity contribution in [1.82, 2.24) is 15.1 Å². The van der Waals surface area contributed by atoms with Crippen LogP contribution in [0.1, 0.15) is 27.7 Å². The summed E-state index contributed by atoms with van der Waals surface area (Å²) in [4.78, 5) is 26.1. The van der Waals surface area contributed by atoms with Gasteiger partial charge in [-0.05, 0) is 6.07 Å². The molecule has 0 aliphatic carbocycles. The van der Waals surface area contributed by atoms with E-state index in [4.69, 9.17) is 9.47 Å². The SMILES string of the molecule is COC(CN1C(=O)c2[nH]nc(-c3ccccc3)c2C1c1ccccc1[N+](=O)[O-])OC. The third-order valence-electron chi connectivity index (χ3n) is 5.21. The molecule has 0 saturated carbocycles. The molecule has 1 amide bonds. The maximum absolute atomic E-state index is 13.2. The quantitative estimate of drug-likeness (QED) is 0.365. The summed E-state index contributed by atoms with van der Waals surface area (Å²) in [6.45, 7) is 0.0965. The molecule has 0 fully saturated rings. The number of H-pyrrole nitrogens is 1. The van der Waals surface area contributed by atoms with Crippen LogP contribution in [-0.4, -0.2) is 53.0 Å². The van der Waals surface area contributed by atoms with Crippen LogP contribution >= 0.6 is 0 Å². The molecule has 0 spiro atoms. The molecule has 154 valence electrons. The monoisotopic (exact) mass is 408 g/mol. The summed E-state index contributed by atoms with van der Waals surface area (Å²) in [7, 11) is 2.95. The highest BCUT2D eigenvalue weighted by atomic mass is 16.7. The van der Waals surface area contributed by atoms with Gasteiger partial charge in [0.05, 0.1) is 28.8 Å². The number of amides is 1. The zero-order valence-corrected chi connectivity index (χ0v) is 16.4. The van der Waals surface area contributed by atoms with Crippen molar-refractivity contribution < 1.29 is 19.2 Å². The lowest BCUT2D eigenvalue weighted by Gasteiger charge is -2.28. The molecule has 9 heteroatoms. The maximum Gasteiger partial charge on any atom is 0.275 e. The van der Waals surface area contributed by atoms with Crippen molar-refractivity contribution in [3.63, 3.8) is 0 Å². The molecule has 0 radical (unpaired) electrons. The molecular weight excluding hydrogens is 388 g/mol. The zero-order valence-electron chi connectivity index (χ0n) is 16.4. The van der Waals surface area contributed by atoms with E-state index in [0.29, 0.717) is 22.5 Å². The van der Waals surface area contributed by atoms with E-state index in [1.165, 1.54) is 25.2 Å². The van der Waals surface area contributed by atoms with E-state index < -0.39 is 17.3 Å². The van der Waals surface area contributed by atoms with Crippen LogP contribution in [0.4, 0.5) is 5.69 Å². The summed E-state index contributed by atoms with van der Waals surface area (Å²) in [5, 5.41) is 18.9. The number of nitro groups is 1. The lowest BCUT2D eigenvalue weighted by Crippen LogP contribution is -2.38. The summed E-state index contributed by atoms with van der Waals surface area (Å²) in [6, 6.07) is 15.1. The fourth-order valence-electron chi connectivity index (χ4n) is 3.82. The van der Waals surface area contributed by atoms with E-state index >= 15 is 0 Å². The Balaban J connectivity index is 1.91. The minimum absolute atomic E-state index is 0.0697. The van der Waals surface area contributed by atoms with Gasteiger partial charge in [-0.1, -0.05) is 42.5 Å². The topological polar surface area (TPSA) is 111 Å². The van der Waals surface area contributed by atoms with E-state index in [9.17, 15) is 14.9 Å². The van der Waals surface area contributed by atoms with E-state index in [0.717, 1.165) is 5.56 Å². The van der Waals surface area contributed by atoms with Gasteiger partial charge in [0.2, 0.25) is 0 Å². The van der Waals surface area contributed by atoms with Crippen LogP contribution in [0.25, 0.3) is 11.3 Å². The minimum atomic E-state index is -0.712. The molecule has 3 aromatic rings. The maximum atomic E-state index is 13.2. The van der Waals surface area contributed by atoms with Gasteiger partial charge in [-0.3, -0.25) is 20.0 Å². The average Bonchev–Trinajstić information content (AvgIpc) is 3.31. The Bertz CT molecular complexity index is 1080. The second-order valence-electron chi connectivity index (χ2n) is 6.80. The number of fused-ring (bicyclic) bond motifs is 1. The predicted molar refractivity (Wildman–Crippen MR) is 108 cm³/mol. The number of rotatable bonds is 7. The van der Waals surface area contributed by atoms with Gasteiger partial charge >= 0.3 is 0 Å². The van der Waals surface area contributed by atoms with E-state index in [-0.39, 0.29) is 18.1 Å². The number of aromatic nitrogens is 2. The van der Waals surface area contributed by atoms with Crippen molar-refractivity contribution in [3.05, 3.63) is 81.5 Å². The van der Waals surface area contributed by atoms with Crippen molar-refractivity contribution in [2.24, 2.45) is 0 Å². The van der Waals surface area contributed by atoms with Crippen molar-refractivity contribution in [2.75, 3.05) is 20.8 Å². The van der Waals surface area contributed by atoms with Gasteiger partial charge in [0, 0.05) is 31.4 Å². The molecule has 30 heavy (non-hydrogen) atoms. The van der Waals surface area contributed by atoms with Crippen LogP contribution in [0.15, 0.2) is 54.6 Å². The summed E-state index contributed by atoms with van der Waals surface area (Å²) in [5.74, 6) is -0.318. The number of hydrogen-bond donors (Lipinski definition) is 1. The molecule has 0 saturated heterocycles. The number of ether oxygens (including phenoxy) is 2. The Kier molecular flexibility index (Phi) is 5.30. The van der Waals surface area contributed by atoms with Gasteiger partial charge in [0.1, 0.15) is 5.69 Å². The normalized spacial score (nSPS) is 15.6. The molecular formula is C21H20N4O5. The fraction of sp³-hybridized carbons (Fsp3) is 0.238. The molecule has 1 N–H and O–H groups in total. The van der Waals surface area contributed by atoms with Crippen LogP contribution in [0, 0.1) is 10.1 Å². The van der Waals surface area contributed by atoms with Gasteiger partial charge in [0.25, 0.3) is 11.6 Å². The number of nitrogens with zero attached hydrogens (tertiary/aromatic N) is 3. The molecule has 2 aromatic carbocycles. The summed E-state index contributed by atoms with van der Waals surface area (Å²) >= 11 is 0. The first-order chi connectivity index (χ1) is 14.6. The van der Waals surface area contributed by atoms with Crippen LogP contribution in [-0.2, 0) is 9.47 Å². The van der Waals surface area contributed by atoms with Gasteiger partial charge in [-0.25, -0.2) is 0 Å². The van der Waals surface area contributed by atoms with E-state index in [1.54, 1.807) is 18.2 Å². The molecule has 4 rings (SSSR count). The Hall–Kier alpha value is -3.56. The highest BCUT2D eigenvalue weighted by Gasteiger charge is 2.45. The van der Waals surface area contributed by atoms with Crippen LogP contribution in [0.5, 0.6) is 0 Å². The van der Waals surface area contributed by atoms with E-state index in [2.05, 4.69) is 10.2 Å². The van der Waals surface area contributed by atoms with Gasteiger partial charge in [0.15, 0.2) is 6.29 Å². The number of benzene rings is 2. The largest absolute Gasteiger partial charge is 0.354 e. The predicted octanol–water partition coefficient (Wildman–Crippen LogP) is 3.15. The lowest BCUT2D eigenvalue weighted by atomic mass is 9.95. The summed E-state index contributed by atoms with van der Waals surface area (Å²) in [6.07, 6.45) is -0.684. The number of carbonyl (C=O) groups is 1. The number of methoxy groups -OCH3 is 2. The molecule has 0 bridgehead atoms. The minimum Gasteiger partial charge on any atom is -0.354 e. The Morgan fingerprint density at radius 2 is 1.80 bits per heavy atom. The third-order valence-corrected chi connectivity index (χ3v) is 5.21. The molecule has 1 aliphatic rings. The fourth-order valence-corrected chi connectivity index (χ4v) is 3.82. The standard InChI is InChI=1S/C21H20N4O5/c1-29-16(30-2)12-24-20(14-10-6-7-11-15(14)25(27)28)17-18(13-8-4-3-5-9-13)22-23-19(17)21(24)26/h3-11,16,20H,12H2,1-2H3,(H,22,23). The van der Waals surface area contributed by atoms with Crippen LogP contribution in [0.3, 0.4) is 0 Å². The first kappa shape index (κ1) is 19.7. The van der Waals surface area contributed by atoms with Crippen molar-refractivity contribution in [3.8, 4) is 11.3 Å². The molecule has 9 nitrogen and oxygen atoms in total. The van der Waals surface area contributed by atoms with Crippen molar-refractivity contribution >= 4 is 11.6 Å². The Morgan fingerprint density at radius 1 is 1.13 bits per heavy atom. The average molecular weight is 408 g/mol. The Labute approximate surface area is 172 Å². The van der Waals surface area contributed by atoms with Crippen LogP contribution < -0.4 is 0 Å². The smallest absolute Gasteiger partial charge is 0.275 e. The second-order valence-corrected chi connectivity index (χ2v) is 6.80. The first-order valence-electron chi connectivity index (χ1n) is 9.30. The first-order valence-corrected chi connectivity index (χ1v) is 9.30. The summed E-state index contributed by atoms with van der Waals surface area (Å²) < 4.78 is 10.6. The Morgan fingerprint density at radius 3 is 2.47 bits per heavy atom.